The van der Waals surface area contributed by atoms with Crippen LogP contribution >= 0.6 is 11.3 Å². The maximum atomic E-state index is 4.66. The molecule has 1 aliphatic rings. The predicted molar refractivity (Wildman–Crippen MR) is 94.6 cm³/mol. The Balaban J connectivity index is 1.46. The molecule has 0 radical (unpaired) electrons. The monoisotopic (exact) mass is 343 g/mol. The van der Waals surface area contributed by atoms with Crippen molar-refractivity contribution in [2.45, 2.75) is 27.3 Å². The number of hydrogen-bond acceptors (Lipinski definition) is 7. The Morgan fingerprint density at radius 3 is 2.58 bits per heavy atom. The average Bonchev–Trinajstić information content (AvgIpc) is 3.14. The molecule has 24 heavy (non-hydrogen) atoms. The van der Waals surface area contributed by atoms with Gasteiger partial charge >= 0.3 is 0 Å². The zero-order valence-electron chi connectivity index (χ0n) is 14.2. The number of piperazine rings is 1. The molecule has 1 aliphatic heterocycles. The summed E-state index contributed by atoms with van der Waals surface area (Å²) >= 11 is 1.81. The quantitative estimate of drug-likeness (QED) is 0.723. The summed E-state index contributed by atoms with van der Waals surface area (Å²) in [5.41, 5.74) is 2.14. The Hall–Kier alpha value is -2.06. The van der Waals surface area contributed by atoms with E-state index in [2.05, 4.69) is 49.8 Å². The number of aryl methyl sites for hydroxylation is 3. The molecule has 0 aliphatic carbocycles. The lowest BCUT2D eigenvalue weighted by atomic mass is 10.3. The summed E-state index contributed by atoms with van der Waals surface area (Å²) in [6, 6.07) is 2.09. The van der Waals surface area contributed by atoms with Gasteiger partial charge in [0.1, 0.15) is 17.2 Å². The summed E-state index contributed by atoms with van der Waals surface area (Å²) in [7, 11) is 0. The second-order valence-electron chi connectivity index (χ2n) is 6.24. The van der Waals surface area contributed by atoms with E-state index in [4.69, 9.17) is 0 Å². The lowest BCUT2D eigenvalue weighted by Gasteiger charge is -2.35. The minimum atomic E-state index is 0.668. The number of rotatable bonds is 3. The van der Waals surface area contributed by atoms with E-state index in [0.717, 1.165) is 49.9 Å². The number of thiazole rings is 1. The molecule has 0 bridgehead atoms. The zero-order chi connectivity index (χ0) is 16.7. The molecule has 0 saturated carbocycles. The first-order valence-corrected chi connectivity index (χ1v) is 8.99. The molecule has 0 unspecified atom stereocenters. The van der Waals surface area contributed by atoms with Crippen molar-refractivity contribution in [2.75, 3.05) is 31.1 Å². The fraction of sp³-hybridized carbons (Fsp3) is 0.500. The first-order chi connectivity index (χ1) is 11.6. The van der Waals surface area contributed by atoms with Crippen LogP contribution in [0.2, 0.25) is 0 Å². The van der Waals surface area contributed by atoms with Crippen LogP contribution < -0.4 is 4.90 Å². The van der Waals surface area contributed by atoms with Gasteiger partial charge < -0.3 is 4.90 Å². The largest absolute Gasteiger partial charge is 0.354 e. The Bertz CT molecular complexity index is 841. The molecule has 7 nitrogen and oxygen atoms in total. The third kappa shape index (κ3) is 2.87. The lowest BCUT2D eigenvalue weighted by Crippen LogP contribution is -2.46. The van der Waals surface area contributed by atoms with Gasteiger partial charge in [0.2, 0.25) is 0 Å². The molecule has 0 spiro atoms. The molecule has 0 aromatic carbocycles. The summed E-state index contributed by atoms with van der Waals surface area (Å²) in [5.74, 6) is 1.75. The number of hydrogen-bond donors (Lipinski definition) is 0. The standard InChI is InChI=1S/C16H21N7S/c1-11-8-15(23-16(19-11)17-10-18-23)22-6-4-21(5-7-22)9-14-20-12(2)13(3)24-14/h8,10H,4-7,9H2,1-3H3. The van der Waals surface area contributed by atoms with E-state index in [1.54, 1.807) is 6.33 Å². The number of fused-ring (bicyclic) bond motifs is 1. The average molecular weight is 343 g/mol. The molecule has 1 fully saturated rings. The maximum absolute atomic E-state index is 4.66. The van der Waals surface area contributed by atoms with Crippen LogP contribution in [0.5, 0.6) is 0 Å². The van der Waals surface area contributed by atoms with Crippen LogP contribution in [0.1, 0.15) is 21.3 Å². The molecular formula is C16H21N7S. The minimum absolute atomic E-state index is 0.668. The molecule has 4 rings (SSSR count). The van der Waals surface area contributed by atoms with Gasteiger partial charge in [0, 0.05) is 42.8 Å². The van der Waals surface area contributed by atoms with E-state index in [-0.39, 0.29) is 0 Å². The van der Waals surface area contributed by atoms with E-state index < -0.39 is 0 Å². The molecule has 3 aromatic heterocycles. The number of anilines is 1. The molecule has 126 valence electrons. The molecule has 1 saturated heterocycles. The molecular weight excluding hydrogens is 322 g/mol. The number of nitrogens with zero attached hydrogens (tertiary/aromatic N) is 7. The maximum Gasteiger partial charge on any atom is 0.254 e. The van der Waals surface area contributed by atoms with E-state index in [1.165, 1.54) is 9.88 Å². The van der Waals surface area contributed by atoms with Gasteiger partial charge in [0.05, 0.1) is 12.2 Å². The fourth-order valence-corrected chi connectivity index (χ4v) is 4.05. The highest BCUT2D eigenvalue weighted by atomic mass is 32.1. The Kier molecular flexibility index (Phi) is 3.93. The third-order valence-electron chi connectivity index (χ3n) is 4.49. The van der Waals surface area contributed by atoms with Crippen LogP contribution in [0.4, 0.5) is 5.82 Å². The first-order valence-electron chi connectivity index (χ1n) is 8.18. The summed E-state index contributed by atoms with van der Waals surface area (Å²) in [5, 5.41) is 5.53. The second kappa shape index (κ2) is 6.10. The smallest absolute Gasteiger partial charge is 0.254 e. The Morgan fingerprint density at radius 1 is 1.08 bits per heavy atom. The van der Waals surface area contributed by atoms with Crippen molar-refractivity contribution in [2.24, 2.45) is 0 Å². The van der Waals surface area contributed by atoms with Gasteiger partial charge in [-0.1, -0.05) is 0 Å². The Morgan fingerprint density at radius 2 is 1.88 bits per heavy atom. The van der Waals surface area contributed by atoms with Crippen molar-refractivity contribution >= 4 is 22.9 Å². The van der Waals surface area contributed by atoms with Crippen LogP contribution in [0, 0.1) is 20.8 Å². The summed E-state index contributed by atoms with van der Waals surface area (Å²) in [6.45, 7) is 11.2. The normalized spacial score (nSPS) is 16.2. The van der Waals surface area contributed by atoms with Crippen LogP contribution in [-0.2, 0) is 6.54 Å². The summed E-state index contributed by atoms with van der Waals surface area (Å²) in [4.78, 5) is 19.5. The van der Waals surface area contributed by atoms with Gasteiger partial charge in [0.15, 0.2) is 0 Å². The minimum Gasteiger partial charge on any atom is -0.354 e. The van der Waals surface area contributed by atoms with Gasteiger partial charge in [-0.3, -0.25) is 4.90 Å². The van der Waals surface area contributed by atoms with Crippen LogP contribution in [0.15, 0.2) is 12.4 Å². The Labute approximate surface area is 145 Å². The lowest BCUT2D eigenvalue weighted by molar-refractivity contribution is 0.248. The highest BCUT2D eigenvalue weighted by molar-refractivity contribution is 7.11. The van der Waals surface area contributed by atoms with Crippen LogP contribution in [-0.4, -0.2) is 55.6 Å². The highest BCUT2D eigenvalue weighted by Crippen LogP contribution is 2.21. The van der Waals surface area contributed by atoms with Gasteiger partial charge in [-0.2, -0.15) is 14.6 Å². The van der Waals surface area contributed by atoms with Crippen LogP contribution in [0.25, 0.3) is 5.78 Å². The SMILES string of the molecule is Cc1cc(N2CCN(Cc3nc(C)c(C)s3)CC2)n2ncnc2n1. The fourth-order valence-electron chi connectivity index (χ4n) is 3.07. The molecule has 3 aromatic rings. The van der Waals surface area contributed by atoms with Crippen molar-refractivity contribution < 1.29 is 0 Å². The van der Waals surface area contributed by atoms with Crippen LogP contribution in [0.3, 0.4) is 0 Å². The summed E-state index contributed by atoms with van der Waals surface area (Å²) < 4.78 is 1.83. The van der Waals surface area contributed by atoms with Crippen molar-refractivity contribution in [3.63, 3.8) is 0 Å². The van der Waals surface area contributed by atoms with Gasteiger partial charge in [-0.25, -0.2) is 9.97 Å². The van der Waals surface area contributed by atoms with Gasteiger partial charge in [-0.15, -0.1) is 11.3 Å². The molecule has 0 atom stereocenters. The van der Waals surface area contributed by atoms with E-state index in [0.29, 0.717) is 5.78 Å². The molecule has 8 heteroatoms. The second-order valence-corrected chi connectivity index (χ2v) is 7.53. The predicted octanol–water partition coefficient (Wildman–Crippen LogP) is 1.83. The first kappa shape index (κ1) is 15.5. The number of aromatic nitrogens is 5. The van der Waals surface area contributed by atoms with E-state index >= 15 is 0 Å². The molecule has 0 amide bonds. The van der Waals surface area contributed by atoms with Crippen molar-refractivity contribution in [3.8, 4) is 0 Å². The third-order valence-corrected chi connectivity index (χ3v) is 5.55. The van der Waals surface area contributed by atoms with E-state index in [9.17, 15) is 0 Å². The topological polar surface area (TPSA) is 62.5 Å². The van der Waals surface area contributed by atoms with Crippen molar-refractivity contribution in [1.82, 2.24) is 29.5 Å². The van der Waals surface area contributed by atoms with Gasteiger partial charge in [0.25, 0.3) is 5.78 Å². The molecule has 4 heterocycles. The van der Waals surface area contributed by atoms with Crippen molar-refractivity contribution in [3.05, 3.63) is 33.7 Å². The highest BCUT2D eigenvalue weighted by Gasteiger charge is 2.21. The molecule has 0 N–H and O–H groups in total. The summed E-state index contributed by atoms with van der Waals surface area (Å²) in [6.07, 6.45) is 1.56. The van der Waals surface area contributed by atoms with Crippen molar-refractivity contribution in [1.29, 1.82) is 0 Å². The zero-order valence-corrected chi connectivity index (χ0v) is 15.0. The van der Waals surface area contributed by atoms with Gasteiger partial charge in [-0.05, 0) is 20.8 Å². The van der Waals surface area contributed by atoms with E-state index in [1.807, 2.05) is 22.8 Å².